The first-order valence-corrected chi connectivity index (χ1v) is 9.47. The van der Waals surface area contributed by atoms with Crippen molar-refractivity contribution in [2.24, 2.45) is 7.05 Å². The molecule has 28 heavy (non-hydrogen) atoms. The molecule has 0 radical (unpaired) electrons. The van der Waals surface area contributed by atoms with Crippen molar-refractivity contribution in [3.05, 3.63) is 69.9 Å². The first-order chi connectivity index (χ1) is 13.5. The summed E-state index contributed by atoms with van der Waals surface area (Å²) in [7, 11) is 1.55. The number of amides is 1. The molecular weight excluding hydrogens is 354 g/mol. The van der Waals surface area contributed by atoms with Crippen LogP contribution >= 0.6 is 0 Å². The van der Waals surface area contributed by atoms with Crippen LogP contribution in [-0.4, -0.2) is 43.9 Å². The second-order valence-corrected chi connectivity index (χ2v) is 7.33. The minimum absolute atomic E-state index is 0.142. The van der Waals surface area contributed by atoms with E-state index >= 15 is 0 Å². The summed E-state index contributed by atoms with van der Waals surface area (Å²) in [5.74, 6) is 0.0423. The van der Waals surface area contributed by atoms with Gasteiger partial charge in [-0.3, -0.25) is 14.7 Å². The second-order valence-electron chi connectivity index (χ2n) is 7.33. The summed E-state index contributed by atoms with van der Waals surface area (Å²) in [4.78, 5) is 26.2. The molecule has 1 atom stereocenters. The fourth-order valence-electron chi connectivity index (χ4n) is 3.75. The molecule has 2 aromatic heterocycles. The smallest absolute Gasteiger partial charge is 0.274 e. The number of hydrogen-bond acceptors (Lipinski definition) is 4. The maximum absolute atomic E-state index is 12.9. The first kappa shape index (κ1) is 18.2. The Labute approximate surface area is 163 Å². The number of likely N-dealkylation sites (tertiary alicyclic amines) is 1. The number of rotatable bonds is 3. The van der Waals surface area contributed by atoms with Crippen molar-refractivity contribution in [3.8, 4) is 11.1 Å². The van der Waals surface area contributed by atoms with Crippen LogP contribution in [0.15, 0.2) is 47.4 Å². The number of carbonyl (C=O) groups excluding carboxylic acids is 1. The summed E-state index contributed by atoms with van der Waals surface area (Å²) in [5, 5.41) is 11.5. The third-order valence-corrected chi connectivity index (χ3v) is 5.33. The van der Waals surface area contributed by atoms with Crippen LogP contribution in [0.5, 0.6) is 0 Å². The molecule has 0 bridgehead atoms. The van der Waals surface area contributed by atoms with Gasteiger partial charge in [0.1, 0.15) is 5.69 Å². The van der Waals surface area contributed by atoms with Crippen LogP contribution in [0.25, 0.3) is 11.1 Å². The molecule has 7 nitrogen and oxygen atoms in total. The summed E-state index contributed by atoms with van der Waals surface area (Å²) in [6, 6.07) is 11.3. The van der Waals surface area contributed by atoms with Gasteiger partial charge < -0.3 is 4.90 Å². The van der Waals surface area contributed by atoms with Crippen LogP contribution in [0, 0.1) is 6.92 Å². The van der Waals surface area contributed by atoms with E-state index in [1.165, 1.54) is 22.4 Å². The van der Waals surface area contributed by atoms with E-state index in [9.17, 15) is 9.59 Å². The summed E-state index contributed by atoms with van der Waals surface area (Å²) < 4.78 is 1.19. The van der Waals surface area contributed by atoms with E-state index in [1.807, 2.05) is 11.1 Å². The van der Waals surface area contributed by atoms with Crippen molar-refractivity contribution in [2.75, 3.05) is 13.1 Å². The summed E-state index contributed by atoms with van der Waals surface area (Å²) in [5.41, 5.74) is 4.55. The number of benzene rings is 1. The Morgan fingerprint density at radius 3 is 2.71 bits per heavy atom. The molecule has 0 unspecified atom stereocenters. The lowest BCUT2D eigenvalue weighted by molar-refractivity contribution is 0.0697. The maximum atomic E-state index is 12.9. The molecule has 0 aliphatic carbocycles. The van der Waals surface area contributed by atoms with Gasteiger partial charge in [0, 0.05) is 43.4 Å². The van der Waals surface area contributed by atoms with Gasteiger partial charge in [-0.25, -0.2) is 4.68 Å². The van der Waals surface area contributed by atoms with E-state index in [-0.39, 0.29) is 17.4 Å². The zero-order valence-electron chi connectivity index (χ0n) is 16.1. The van der Waals surface area contributed by atoms with Crippen LogP contribution < -0.4 is 5.56 Å². The van der Waals surface area contributed by atoms with Crippen molar-refractivity contribution in [3.63, 3.8) is 0 Å². The van der Waals surface area contributed by atoms with E-state index < -0.39 is 0 Å². The number of aromatic nitrogens is 4. The molecule has 0 spiro atoms. The minimum atomic E-state index is -0.228. The molecule has 7 heteroatoms. The lowest BCUT2D eigenvalue weighted by Crippen LogP contribution is -2.40. The average molecular weight is 377 g/mol. The van der Waals surface area contributed by atoms with Crippen LogP contribution in [-0.2, 0) is 7.05 Å². The monoisotopic (exact) mass is 377 g/mol. The predicted molar refractivity (Wildman–Crippen MR) is 106 cm³/mol. The number of nitrogens with one attached hydrogen (secondary N) is 1. The van der Waals surface area contributed by atoms with Crippen molar-refractivity contribution in [2.45, 2.75) is 25.7 Å². The first-order valence-electron chi connectivity index (χ1n) is 9.47. The van der Waals surface area contributed by atoms with E-state index in [0.29, 0.717) is 18.8 Å². The SMILES string of the molecule is Cc1ccc(-c2cn[nH]c2[C@H]2CCCN(C(=O)c3ccc(=O)n(C)n3)C2)cc1. The lowest BCUT2D eigenvalue weighted by Gasteiger charge is -2.32. The molecule has 4 rings (SSSR count). The van der Waals surface area contributed by atoms with Gasteiger partial charge in [0.15, 0.2) is 0 Å². The Balaban J connectivity index is 1.57. The van der Waals surface area contributed by atoms with Crippen molar-refractivity contribution >= 4 is 5.91 Å². The van der Waals surface area contributed by atoms with Crippen molar-refractivity contribution in [1.82, 2.24) is 24.9 Å². The van der Waals surface area contributed by atoms with Crippen molar-refractivity contribution in [1.29, 1.82) is 0 Å². The predicted octanol–water partition coefficient (Wildman–Crippen LogP) is 2.50. The second kappa shape index (κ2) is 7.42. The van der Waals surface area contributed by atoms with Crippen molar-refractivity contribution < 1.29 is 4.79 Å². The lowest BCUT2D eigenvalue weighted by atomic mass is 9.90. The Hall–Kier alpha value is -3.22. The van der Waals surface area contributed by atoms with Crippen LogP contribution in [0.3, 0.4) is 0 Å². The highest BCUT2D eigenvalue weighted by Gasteiger charge is 2.29. The normalized spacial score (nSPS) is 16.9. The van der Waals surface area contributed by atoms with Gasteiger partial charge in [0.25, 0.3) is 11.5 Å². The highest BCUT2D eigenvalue weighted by Crippen LogP contribution is 2.33. The number of piperidine rings is 1. The van der Waals surface area contributed by atoms with Gasteiger partial charge in [-0.05, 0) is 31.4 Å². The van der Waals surface area contributed by atoms with Crippen LogP contribution in [0.1, 0.15) is 40.5 Å². The summed E-state index contributed by atoms with van der Waals surface area (Å²) >= 11 is 0. The molecular formula is C21H23N5O2. The largest absolute Gasteiger partial charge is 0.337 e. The fourth-order valence-corrected chi connectivity index (χ4v) is 3.75. The van der Waals surface area contributed by atoms with E-state index in [0.717, 1.165) is 29.7 Å². The molecule has 1 N–H and O–H groups in total. The summed E-state index contributed by atoms with van der Waals surface area (Å²) in [6.45, 7) is 3.36. The fraction of sp³-hybridized carbons (Fsp3) is 0.333. The zero-order valence-corrected chi connectivity index (χ0v) is 16.1. The van der Waals surface area contributed by atoms with Gasteiger partial charge in [-0.2, -0.15) is 10.2 Å². The summed E-state index contributed by atoms with van der Waals surface area (Å²) in [6.07, 6.45) is 3.76. The van der Waals surface area contributed by atoms with E-state index in [2.05, 4.69) is 46.5 Å². The number of aromatic amines is 1. The molecule has 3 aromatic rings. The average Bonchev–Trinajstić information content (AvgIpc) is 3.20. The van der Waals surface area contributed by atoms with E-state index in [4.69, 9.17) is 0 Å². The number of nitrogens with zero attached hydrogens (tertiary/aromatic N) is 4. The molecule has 0 saturated carbocycles. The van der Waals surface area contributed by atoms with Gasteiger partial charge in [-0.15, -0.1) is 0 Å². The third kappa shape index (κ3) is 3.47. The molecule has 1 aliphatic heterocycles. The van der Waals surface area contributed by atoms with Gasteiger partial charge in [-0.1, -0.05) is 29.8 Å². The Kier molecular flexibility index (Phi) is 4.81. The zero-order chi connectivity index (χ0) is 19.7. The minimum Gasteiger partial charge on any atom is -0.337 e. The molecule has 1 aromatic carbocycles. The Morgan fingerprint density at radius 2 is 1.96 bits per heavy atom. The molecule has 1 aliphatic rings. The number of hydrogen-bond donors (Lipinski definition) is 1. The standard InChI is InChI=1S/C21H23N5O2/c1-14-5-7-15(8-6-14)17-12-22-23-20(17)16-4-3-11-26(13-16)21(28)18-9-10-19(27)25(2)24-18/h5-10,12,16H,3-4,11,13H2,1-2H3,(H,22,23)/t16-/m0/s1. The topological polar surface area (TPSA) is 83.9 Å². The molecule has 1 saturated heterocycles. The highest BCUT2D eigenvalue weighted by molar-refractivity contribution is 5.92. The number of carbonyl (C=O) groups is 1. The van der Waals surface area contributed by atoms with Gasteiger partial charge in [0.2, 0.25) is 0 Å². The number of aryl methyl sites for hydroxylation is 2. The highest BCUT2D eigenvalue weighted by atomic mass is 16.2. The van der Waals surface area contributed by atoms with Gasteiger partial charge >= 0.3 is 0 Å². The molecule has 3 heterocycles. The third-order valence-electron chi connectivity index (χ3n) is 5.33. The van der Waals surface area contributed by atoms with E-state index in [1.54, 1.807) is 7.05 Å². The molecule has 1 fully saturated rings. The molecule has 144 valence electrons. The molecule has 1 amide bonds. The number of H-pyrrole nitrogens is 1. The quantitative estimate of drug-likeness (QED) is 0.760. The van der Waals surface area contributed by atoms with Crippen LogP contribution in [0.4, 0.5) is 0 Å². The maximum Gasteiger partial charge on any atom is 0.274 e. The van der Waals surface area contributed by atoms with Crippen LogP contribution in [0.2, 0.25) is 0 Å². The Morgan fingerprint density at radius 1 is 1.18 bits per heavy atom. The Bertz CT molecular complexity index is 1050. The van der Waals surface area contributed by atoms with Gasteiger partial charge in [0.05, 0.1) is 6.20 Å².